The quantitative estimate of drug-likeness (QED) is 0.485. The fourth-order valence-corrected chi connectivity index (χ4v) is 5.36. The molecule has 2 aromatic heterocycles. The first-order chi connectivity index (χ1) is 16.5. The number of fused-ring (bicyclic) bond motifs is 4. The Hall–Kier alpha value is -3.70. The molecule has 0 radical (unpaired) electrons. The van der Waals surface area contributed by atoms with Crippen LogP contribution in [0.15, 0.2) is 48.7 Å². The normalized spacial score (nSPS) is 21.6. The molecule has 2 aromatic carbocycles. The summed E-state index contributed by atoms with van der Waals surface area (Å²) in [6, 6.07) is 14.6. The molecule has 8 heteroatoms. The van der Waals surface area contributed by atoms with E-state index in [9.17, 15) is 4.39 Å². The van der Waals surface area contributed by atoms with E-state index >= 15 is 0 Å². The zero-order valence-corrected chi connectivity index (χ0v) is 19.1. The molecule has 0 unspecified atom stereocenters. The van der Waals surface area contributed by atoms with Gasteiger partial charge in [-0.15, -0.1) is 5.10 Å². The van der Waals surface area contributed by atoms with Crippen LogP contribution in [0, 0.1) is 22.6 Å². The number of piperidine rings is 3. The van der Waals surface area contributed by atoms with Crippen molar-refractivity contribution in [3.05, 3.63) is 60.0 Å². The molecule has 1 N–H and O–H groups in total. The Morgan fingerprint density at radius 1 is 1.09 bits per heavy atom. The lowest BCUT2D eigenvalue weighted by molar-refractivity contribution is 0.0360. The summed E-state index contributed by atoms with van der Waals surface area (Å²) in [5.41, 5.74) is 3.71. The monoisotopic (exact) mass is 455 g/mol. The van der Waals surface area contributed by atoms with Gasteiger partial charge in [0.15, 0.2) is 0 Å². The van der Waals surface area contributed by atoms with Crippen LogP contribution < -0.4 is 5.32 Å². The summed E-state index contributed by atoms with van der Waals surface area (Å²) in [7, 11) is 1.91. The van der Waals surface area contributed by atoms with Crippen molar-refractivity contribution in [1.82, 2.24) is 24.5 Å². The first-order valence-corrected chi connectivity index (χ1v) is 11.7. The lowest BCUT2D eigenvalue weighted by Gasteiger charge is -2.48. The van der Waals surface area contributed by atoms with Gasteiger partial charge >= 0.3 is 0 Å². The van der Waals surface area contributed by atoms with E-state index in [-0.39, 0.29) is 5.56 Å². The van der Waals surface area contributed by atoms with Crippen LogP contribution in [0.5, 0.6) is 0 Å². The van der Waals surface area contributed by atoms with Crippen molar-refractivity contribution in [1.29, 1.82) is 5.26 Å². The van der Waals surface area contributed by atoms with Crippen LogP contribution in [0.25, 0.3) is 27.8 Å². The Morgan fingerprint density at radius 2 is 1.88 bits per heavy atom. The highest BCUT2D eigenvalue weighted by Crippen LogP contribution is 2.40. The second-order valence-corrected chi connectivity index (χ2v) is 9.59. The largest absolute Gasteiger partial charge is 0.368 e. The fraction of sp³-hybridized carbons (Fsp3) is 0.346. The van der Waals surface area contributed by atoms with Crippen LogP contribution in [-0.2, 0) is 7.05 Å². The molecule has 0 saturated carbocycles. The van der Waals surface area contributed by atoms with Gasteiger partial charge in [-0.1, -0.05) is 6.07 Å². The third kappa shape index (κ3) is 3.53. The molecule has 7 nitrogen and oxygen atoms in total. The third-order valence-electron chi connectivity index (χ3n) is 7.59. The molecule has 0 amide bonds. The van der Waals surface area contributed by atoms with Gasteiger partial charge in [0, 0.05) is 30.6 Å². The van der Waals surface area contributed by atoms with Crippen molar-refractivity contribution in [2.75, 3.05) is 31.5 Å². The summed E-state index contributed by atoms with van der Waals surface area (Å²) in [4.78, 5) is 2.54. The highest BCUT2D eigenvalue weighted by molar-refractivity contribution is 5.81. The molecule has 5 heterocycles. The molecule has 3 fully saturated rings. The predicted octanol–water partition coefficient (Wildman–Crippen LogP) is 4.33. The molecule has 3 saturated heterocycles. The summed E-state index contributed by atoms with van der Waals surface area (Å²) < 4.78 is 18.2. The molecule has 0 spiro atoms. The van der Waals surface area contributed by atoms with Crippen LogP contribution in [0.4, 0.5) is 10.2 Å². The number of hydrogen-bond acceptors (Lipinski definition) is 5. The molecular weight excluding hydrogens is 429 g/mol. The van der Waals surface area contributed by atoms with Crippen molar-refractivity contribution in [3.63, 3.8) is 0 Å². The van der Waals surface area contributed by atoms with Crippen LogP contribution in [0.3, 0.4) is 0 Å². The van der Waals surface area contributed by atoms with Crippen LogP contribution >= 0.6 is 0 Å². The smallest absolute Gasteiger partial charge is 0.149 e. The van der Waals surface area contributed by atoms with Gasteiger partial charge < -0.3 is 10.2 Å². The van der Waals surface area contributed by atoms with Crippen molar-refractivity contribution in [2.24, 2.45) is 12.5 Å². The van der Waals surface area contributed by atoms with Gasteiger partial charge in [-0.3, -0.25) is 4.68 Å². The van der Waals surface area contributed by atoms with Gasteiger partial charge in [0.25, 0.3) is 0 Å². The summed E-state index contributed by atoms with van der Waals surface area (Å²) >= 11 is 0. The third-order valence-corrected chi connectivity index (χ3v) is 7.59. The minimum absolute atomic E-state index is 0.0349. The number of anilines is 1. The number of aryl methyl sites for hydroxylation is 1. The van der Waals surface area contributed by atoms with Gasteiger partial charge in [-0.05, 0) is 74.6 Å². The lowest BCUT2D eigenvalue weighted by Crippen LogP contribution is -2.50. The summed E-state index contributed by atoms with van der Waals surface area (Å²) in [6.07, 6.45) is 5.47. The van der Waals surface area contributed by atoms with E-state index in [1.165, 1.54) is 51.0 Å². The van der Waals surface area contributed by atoms with E-state index in [4.69, 9.17) is 10.4 Å². The first kappa shape index (κ1) is 20.9. The van der Waals surface area contributed by atoms with Crippen molar-refractivity contribution < 1.29 is 4.39 Å². The Bertz CT molecular complexity index is 1410. The van der Waals surface area contributed by atoms with E-state index in [2.05, 4.69) is 15.3 Å². The number of halogens is 1. The number of nitriles is 1. The van der Waals surface area contributed by atoms with Gasteiger partial charge in [0.05, 0.1) is 28.7 Å². The molecule has 34 heavy (non-hydrogen) atoms. The van der Waals surface area contributed by atoms with Crippen molar-refractivity contribution >= 4 is 16.7 Å². The summed E-state index contributed by atoms with van der Waals surface area (Å²) in [6.45, 7) is 4.42. The Morgan fingerprint density at radius 3 is 2.62 bits per heavy atom. The Labute approximate surface area is 197 Å². The van der Waals surface area contributed by atoms with Crippen LogP contribution in [-0.4, -0.2) is 50.6 Å². The fourth-order valence-electron chi connectivity index (χ4n) is 5.36. The molecule has 2 bridgehead atoms. The molecule has 0 atom stereocenters. The molecule has 3 aliphatic heterocycles. The summed E-state index contributed by atoms with van der Waals surface area (Å²) in [5.74, 6) is 0.242. The topological polar surface area (TPSA) is 74.7 Å². The maximum absolute atomic E-state index is 14.5. The molecule has 4 aromatic rings. The minimum Gasteiger partial charge on any atom is -0.368 e. The highest BCUT2D eigenvalue weighted by Gasteiger charge is 2.39. The Balaban J connectivity index is 1.39. The molecule has 7 rings (SSSR count). The minimum atomic E-state index is -0.530. The van der Waals surface area contributed by atoms with Gasteiger partial charge in [0.1, 0.15) is 17.7 Å². The van der Waals surface area contributed by atoms with E-state index in [1.807, 2.05) is 52.9 Å². The highest BCUT2D eigenvalue weighted by atomic mass is 19.1. The second-order valence-electron chi connectivity index (χ2n) is 9.59. The van der Waals surface area contributed by atoms with Gasteiger partial charge in [-0.25, -0.2) is 9.07 Å². The molecule has 172 valence electrons. The number of nitrogens with one attached hydrogen (secondary N) is 1. The van der Waals surface area contributed by atoms with Crippen molar-refractivity contribution in [2.45, 2.75) is 19.3 Å². The first-order valence-electron chi connectivity index (χ1n) is 11.7. The predicted molar refractivity (Wildman–Crippen MR) is 129 cm³/mol. The van der Waals surface area contributed by atoms with Crippen LogP contribution in [0.2, 0.25) is 0 Å². The van der Waals surface area contributed by atoms with E-state index in [0.717, 1.165) is 34.6 Å². The standard InChI is InChI=1S/C26H26FN7/c1-32-23-5-4-21(12-20(23)16-30-32)34-24(18-2-3-19(15-28)22(27)13-18)14-25(31-34)29-17-26-6-9-33(10-7-26)11-8-26/h2-5,12-14,16H,6-11,17H2,1H3,(H,29,31). The maximum Gasteiger partial charge on any atom is 0.149 e. The number of benzene rings is 2. The molecule has 0 aliphatic carbocycles. The van der Waals surface area contributed by atoms with E-state index in [0.29, 0.717) is 11.0 Å². The number of aromatic nitrogens is 4. The number of nitrogens with zero attached hydrogens (tertiary/aromatic N) is 6. The Kier molecular flexibility index (Phi) is 4.89. The van der Waals surface area contributed by atoms with Gasteiger partial charge in [-0.2, -0.15) is 10.4 Å². The van der Waals surface area contributed by atoms with E-state index in [1.54, 1.807) is 6.07 Å². The van der Waals surface area contributed by atoms with Crippen molar-refractivity contribution in [3.8, 4) is 23.0 Å². The lowest BCUT2D eigenvalue weighted by atomic mass is 9.72. The SMILES string of the molecule is Cn1ncc2cc(-n3nc(NCC45CCN(CC4)CC5)cc3-c3ccc(C#N)c(F)c3)ccc21. The number of rotatable bonds is 5. The average Bonchev–Trinajstić information content (AvgIpc) is 3.47. The molecule has 3 aliphatic rings. The average molecular weight is 456 g/mol. The molecular formula is C26H26FN7. The summed E-state index contributed by atoms with van der Waals surface area (Å²) in [5, 5.41) is 23.0. The van der Waals surface area contributed by atoms with Gasteiger partial charge in [0.2, 0.25) is 0 Å². The zero-order valence-electron chi connectivity index (χ0n) is 19.1. The number of hydrogen-bond donors (Lipinski definition) is 1. The van der Waals surface area contributed by atoms with Crippen LogP contribution in [0.1, 0.15) is 24.8 Å². The maximum atomic E-state index is 14.5. The zero-order chi connectivity index (χ0) is 23.3. The van der Waals surface area contributed by atoms with E-state index < -0.39 is 5.82 Å². The second kappa shape index (κ2) is 7.96.